The number of alkyl halides is 3. The molecule has 33 heavy (non-hydrogen) atoms. The van der Waals surface area contributed by atoms with Crippen molar-refractivity contribution in [2.45, 2.75) is 19.2 Å². The number of carbonyl (C=O) groups is 1. The highest BCUT2D eigenvalue weighted by atomic mass is 19.4. The summed E-state index contributed by atoms with van der Waals surface area (Å²) in [5.41, 5.74) is -0.177. The molecule has 3 aromatic carbocycles. The van der Waals surface area contributed by atoms with Crippen molar-refractivity contribution in [1.29, 1.82) is 0 Å². The monoisotopic (exact) mass is 453 g/mol. The van der Waals surface area contributed by atoms with E-state index in [0.29, 0.717) is 22.8 Å². The number of para-hydroxylation sites is 1. The molecular formula is C25H18F3NO4. The van der Waals surface area contributed by atoms with Gasteiger partial charge in [0.1, 0.15) is 22.8 Å². The van der Waals surface area contributed by atoms with Crippen molar-refractivity contribution in [3.05, 3.63) is 90.6 Å². The number of aromatic nitrogens is 1. The number of rotatable bonds is 6. The Morgan fingerprint density at radius 2 is 1.45 bits per heavy atom. The maximum absolute atomic E-state index is 12.7. The van der Waals surface area contributed by atoms with Crippen LogP contribution in [0.5, 0.6) is 23.0 Å². The highest BCUT2D eigenvalue weighted by Crippen LogP contribution is 2.32. The Morgan fingerprint density at radius 3 is 2.12 bits per heavy atom. The molecule has 0 aliphatic rings. The van der Waals surface area contributed by atoms with Crippen LogP contribution in [0.4, 0.5) is 13.2 Å². The molecule has 5 nitrogen and oxygen atoms in total. The predicted octanol–water partition coefficient (Wildman–Crippen LogP) is 6.42. The van der Waals surface area contributed by atoms with Gasteiger partial charge in [-0.05, 0) is 67.6 Å². The number of hydrogen-bond donors (Lipinski definition) is 0. The molecule has 0 aliphatic carbocycles. The van der Waals surface area contributed by atoms with E-state index in [4.69, 9.17) is 14.2 Å². The molecule has 4 aromatic rings. The fraction of sp³-hybridized carbons (Fsp3) is 0.120. The zero-order chi connectivity index (χ0) is 23.4. The number of pyridine rings is 1. The molecule has 0 spiro atoms. The van der Waals surface area contributed by atoms with Crippen molar-refractivity contribution in [3.63, 3.8) is 0 Å². The van der Waals surface area contributed by atoms with Gasteiger partial charge >= 0.3 is 12.1 Å². The van der Waals surface area contributed by atoms with Crippen LogP contribution >= 0.6 is 0 Å². The zero-order valence-corrected chi connectivity index (χ0v) is 17.4. The van der Waals surface area contributed by atoms with Crippen LogP contribution in [0.2, 0.25) is 0 Å². The molecule has 168 valence electrons. The van der Waals surface area contributed by atoms with Crippen LogP contribution in [-0.4, -0.2) is 17.1 Å². The summed E-state index contributed by atoms with van der Waals surface area (Å²) in [5.74, 6) is 0.818. The SMILES string of the molecule is CC(Oc1ccc(Oc2ccc(C(F)(F)F)cc2)cc1)C(=O)Oc1cccc2cccnc12. The van der Waals surface area contributed by atoms with Crippen LogP contribution in [0.25, 0.3) is 10.9 Å². The van der Waals surface area contributed by atoms with Crippen LogP contribution in [0.15, 0.2) is 85.1 Å². The van der Waals surface area contributed by atoms with E-state index < -0.39 is 23.8 Å². The Bertz CT molecular complexity index is 1250. The lowest BCUT2D eigenvalue weighted by Gasteiger charge is -2.15. The zero-order valence-electron chi connectivity index (χ0n) is 17.4. The van der Waals surface area contributed by atoms with Gasteiger partial charge in [-0.2, -0.15) is 13.2 Å². The predicted molar refractivity (Wildman–Crippen MR) is 115 cm³/mol. The summed E-state index contributed by atoms with van der Waals surface area (Å²) in [4.78, 5) is 16.7. The molecule has 0 bridgehead atoms. The van der Waals surface area contributed by atoms with Crippen LogP contribution in [-0.2, 0) is 11.0 Å². The fourth-order valence-electron chi connectivity index (χ4n) is 3.04. The van der Waals surface area contributed by atoms with Gasteiger partial charge in [-0.3, -0.25) is 4.98 Å². The van der Waals surface area contributed by atoms with Crippen molar-refractivity contribution >= 4 is 16.9 Å². The molecule has 4 rings (SSSR count). The Balaban J connectivity index is 1.36. The summed E-state index contributed by atoms with van der Waals surface area (Å²) in [6.07, 6.45) is -3.68. The quantitative estimate of drug-likeness (QED) is 0.249. The maximum atomic E-state index is 12.7. The second-order valence-corrected chi connectivity index (χ2v) is 7.11. The average molecular weight is 453 g/mol. The number of nitrogens with zero attached hydrogens (tertiary/aromatic N) is 1. The molecule has 1 heterocycles. The lowest BCUT2D eigenvalue weighted by Crippen LogP contribution is -2.28. The Hall–Kier alpha value is -4.07. The third-order valence-electron chi connectivity index (χ3n) is 4.69. The lowest BCUT2D eigenvalue weighted by atomic mass is 10.2. The van der Waals surface area contributed by atoms with Gasteiger partial charge < -0.3 is 14.2 Å². The molecule has 0 fully saturated rings. The lowest BCUT2D eigenvalue weighted by molar-refractivity contribution is -0.141. The van der Waals surface area contributed by atoms with Crippen molar-refractivity contribution in [3.8, 4) is 23.0 Å². The Kier molecular flexibility index (Phi) is 6.17. The van der Waals surface area contributed by atoms with Gasteiger partial charge in [-0.1, -0.05) is 18.2 Å². The first-order valence-electron chi connectivity index (χ1n) is 9.97. The minimum Gasteiger partial charge on any atom is -0.479 e. The summed E-state index contributed by atoms with van der Waals surface area (Å²) < 4.78 is 54.6. The summed E-state index contributed by atoms with van der Waals surface area (Å²) in [6, 6.07) is 19.7. The van der Waals surface area contributed by atoms with E-state index in [1.54, 1.807) is 55.6 Å². The van der Waals surface area contributed by atoms with E-state index in [1.807, 2.05) is 12.1 Å². The van der Waals surface area contributed by atoms with Crippen molar-refractivity contribution < 1.29 is 32.2 Å². The van der Waals surface area contributed by atoms with Crippen molar-refractivity contribution in [1.82, 2.24) is 4.98 Å². The van der Waals surface area contributed by atoms with E-state index in [2.05, 4.69) is 4.98 Å². The van der Waals surface area contributed by atoms with E-state index in [9.17, 15) is 18.0 Å². The summed E-state index contributed by atoms with van der Waals surface area (Å²) in [6.45, 7) is 1.56. The largest absolute Gasteiger partial charge is 0.479 e. The first-order chi connectivity index (χ1) is 15.8. The van der Waals surface area contributed by atoms with E-state index in [0.717, 1.165) is 17.5 Å². The number of halogens is 3. The van der Waals surface area contributed by atoms with Crippen LogP contribution in [0.1, 0.15) is 12.5 Å². The topological polar surface area (TPSA) is 57.7 Å². The van der Waals surface area contributed by atoms with E-state index >= 15 is 0 Å². The molecule has 0 saturated heterocycles. The van der Waals surface area contributed by atoms with E-state index in [1.165, 1.54) is 12.1 Å². The standard InChI is InChI=1S/C25H18F3NO4/c1-16(24(30)33-22-6-2-4-17-5-3-15-29-23(17)22)31-19-11-13-21(14-12-19)32-20-9-7-18(8-10-20)25(26,27)28/h2-16H,1H3. The molecular weight excluding hydrogens is 435 g/mol. The normalized spacial score (nSPS) is 12.2. The molecule has 8 heteroatoms. The van der Waals surface area contributed by atoms with Gasteiger partial charge in [0.25, 0.3) is 0 Å². The summed E-state index contributed by atoms with van der Waals surface area (Å²) >= 11 is 0. The smallest absolute Gasteiger partial charge is 0.416 e. The first-order valence-corrected chi connectivity index (χ1v) is 9.97. The summed E-state index contributed by atoms with van der Waals surface area (Å²) in [5, 5.41) is 0.847. The molecule has 0 amide bonds. The third kappa shape index (κ3) is 5.41. The Labute approximate surface area is 187 Å². The number of fused-ring (bicyclic) bond motifs is 1. The highest BCUT2D eigenvalue weighted by Gasteiger charge is 2.30. The minimum atomic E-state index is -4.40. The second kappa shape index (κ2) is 9.20. The van der Waals surface area contributed by atoms with Gasteiger partial charge in [0, 0.05) is 11.6 Å². The van der Waals surface area contributed by atoms with Crippen LogP contribution < -0.4 is 14.2 Å². The molecule has 1 aromatic heterocycles. The molecule has 0 N–H and O–H groups in total. The van der Waals surface area contributed by atoms with Crippen LogP contribution in [0, 0.1) is 0 Å². The van der Waals surface area contributed by atoms with Gasteiger partial charge in [0.05, 0.1) is 5.56 Å². The minimum absolute atomic E-state index is 0.261. The van der Waals surface area contributed by atoms with Crippen molar-refractivity contribution in [2.75, 3.05) is 0 Å². The molecule has 0 radical (unpaired) electrons. The number of esters is 1. The highest BCUT2D eigenvalue weighted by molar-refractivity contribution is 5.87. The van der Waals surface area contributed by atoms with Gasteiger partial charge in [0.15, 0.2) is 11.9 Å². The van der Waals surface area contributed by atoms with E-state index in [-0.39, 0.29) is 5.75 Å². The summed E-state index contributed by atoms with van der Waals surface area (Å²) in [7, 11) is 0. The number of carbonyl (C=O) groups excluding carboxylic acids is 1. The first kappa shape index (κ1) is 22.1. The Morgan fingerprint density at radius 1 is 0.848 bits per heavy atom. The molecule has 1 unspecified atom stereocenters. The molecule has 1 atom stereocenters. The van der Waals surface area contributed by atoms with Gasteiger partial charge in [-0.15, -0.1) is 0 Å². The van der Waals surface area contributed by atoms with Crippen molar-refractivity contribution in [2.24, 2.45) is 0 Å². The third-order valence-corrected chi connectivity index (χ3v) is 4.69. The van der Waals surface area contributed by atoms with Gasteiger partial charge in [0.2, 0.25) is 0 Å². The number of benzene rings is 3. The average Bonchev–Trinajstić information content (AvgIpc) is 2.80. The molecule has 0 aliphatic heterocycles. The van der Waals surface area contributed by atoms with Gasteiger partial charge in [-0.25, -0.2) is 4.79 Å². The maximum Gasteiger partial charge on any atom is 0.416 e. The molecule has 0 saturated carbocycles. The number of ether oxygens (including phenoxy) is 3. The van der Waals surface area contributed by atoms with Crippen LogP contribution in [0.3, 0.4) is 0 Å². The second-order valence-electron chi connectivity index (χ2n) is 7.11. The number of hydrogen-bond acceptors (Lipinski definition) is 5. The fourth-order valence-corrected chi connectivity index (χ4v) is 3.04.